The standard InChI is InChI=1S/C21H17N7O3S/c1-26-18-17(20(30)27(2)21(26)31)28(11-23-18)10-16(29)25-15-8-7-12(9-22-15)19-24-13-5-3-4-6-14(13)32-19/h3-9,11H,10H2,1-2H3,(H,22,25,29). The van der Waals surface area contributed by atoms with Crippen LogP contribution in [0.5, 0.6) is 0 Å². The van der Waals surface area contributed by atoms with Gasteiger partial charge in [0.1, 0.15) is 17.4 Å². The van der Waals surface area contributed by atoms with Crippen molar-refractivity contribution in [3.8, 4) is 10.6 Å². The van der Waals surface area contributed by atoms with E-state index in [1.807, 2.05) is 30.3 Å². The SMILES string of the molecule is Cn1c(=O)c2c(ncn2CC(=O)Nc2ccc(-c3nc4ccccc4s3)cn2)n(C)c1=O. The number of para-hydroxylation sites is 1. The van der Waals surface area contributed by atoms with Crippen LogP contribution in [-0.4, -0.2) is 34.6 Å². The molecule has 5 rings (SSSR count). The van der Waals surface area contributed by atoms with Gasteiger partial charge in [-0.3, -0.25) is 18.7 Å². The van der Waals surface area contributed by atoms with Gasteiger partial charge in [0.25, 0.3) is 5.56 Å². The summed E-state index contributed by atoms with van der Waals surface area (Å²) in [5, 5.41) is 3.57. The molecule has 4 aromatic heterocycles. The van der Waals surface area contributed by atoms with Crippen molar-refractivity contribution in [1.82, 2.24) is 28.7 Å². The molecule has 0 fully saturated rings. The topological polar surface area (TPSA) is 117 Å². The molecule has 1 N–H and O–H groups in total. The molecule has 0 aliphatic rings. The van der Waals surface area contributed by atoms with Crippen molar-refractivity contribution in [3.63, 3.8) is 0 Å². The molecule has 0 saturated heterocycles. The Morgan fingerprint density at radius 1 is 1.06 bits per heavy atom. The maximum Gasteiger partial charge on any atom is 0.332 e. The molecule has 32 heavy (non-hydrogen) atoms. The second-order valence-corrected chi connectivity index (χ2v) is 8.25. The molecule has 160 valence electrons. The van der Waals surface area contributed by atoms with Crippen LogP contribution < -0.4 is 16.6 Å². The number of benzene rings is 1. The van der Waals surface area contributed by atoms with Crippen molar-refractivity contribution in [2.24, 2.45) is 14.1 Å². The van der Waals surface area contributed by atoms with Crippen LogP contribution in [0, 0.1) is 0 Å². The Kier molecular flexibility index (Phi) is 4.67. The highest BCUT2D eigenvalue weighted by Crippen LogP contribution is 2.29. The number of carbonyl (C=O) groups excluding carboxylic acids is 1. The number of pyridine rings is 1. The average molecular weight is 447 g/mol. The molecular formula is C21H17N7O3S. The zero-order valence-electron chi connectivity index (χ0n) is 17.1. The van der Waals surface area contributed by atoms with Gasteiger partial charge in [0.05, 0.1) is 16.5 Å². The molecule has 0 saturated carbocycles. The van der Waals surface area contributed by atoms with E-state index < -0.39 is 11.2 Å². The number of amides is 1. The summed E-state index contributed by atoms with van der Waals surface area (Å²) in [6.07, 6.45) is 3.03. The van der Waals surface area contributed by atoms with Gasteiger partial charge in [-0.25, -0.2) is 19.7 Å². The van der Waals surface area contributed by atoms with Crippen molar-refractivity contribution in [3.05, 3.63) is 69.8 Å². The number of fused-ring (bicyclic) bond motifs is 2. The zero-order valence-corrected chi connectivity index (χ0v) is 18.0. The van der Waals surface area contributed by atoms with Crippen LogP contribution in [0.15, 0.2) is 58.5 Å². The molecular weight excluding hydrogens is 430 g/mol. The van der Waals surface area contributed by atoms with Gasteiger partial charge in [-0.2, -0.15) is 0 Å². The molecule has 0 atom stereocenters. The number of rotatable bonds is 4. The lowest BCUT2D eigenvalue weighted by atomic mass is 10.3. The number of aryl methyl sites for hydroxylation is 1. The number of imidazole rings is 1. The number of aromatic nitrogens is 6. The maximum absolute atomic E-state index is 12.6. The highest BCUT2D eigenvalue weighted by molar-refractivity contribution is 7.21. The minimum atomic E-state index is -0.508. The average Bonchev–Trinajstić information content (AvgIpc) is 3.41. The minimum Gasteiger partial charge on any atom is -0.315 e. The highest BCUT2D eigenvalue weighted by atomic mass is 32.1. The summed E-state index contributed by atoms with van der Waals surface area (Å²) >= 11 is 1.57. The van der Waals surface area contributed by atoms with Gasteiger partial charge in [-0.1, -0.05) is 12.1 Å². The molecule has 1 amide bonds. The first-order valence-corrected chi connectivity index (χ1v) is 10.5. The number of hydrogen-bond donors (Lipinski definition) is 1. The lowest BCUT2D eigenvalue weighted by Crippen LogP contribution is -2.37. The molecule has 0 unspecified atom stereocenters. The summed E-state index contributed by atoms with van der Waals surface area (Å²) in [6.45, 7) is -0.148. The third-order valence-corrected chi connectivity index (χ3v) is 6.19. The summed E-state index contributed by atoms with van der Waals surface area (Å²) in [5.41, 5.74) is 1.21. The fraction of sp³-hybridized carbons (Fsp3) is 0.143. The number of carbonyl (C=O) groups is 1. The van der Waals surface area contributed by atoms with E-state index in [4.69, 9.17) is 0 Å². The normalized spacial score (nSPS) is 11.3. The van der Waals surface area contributed by atoms with Gasteiger partial charge >= 0.3 is 5.69 Å². The van der Waals surface area contributed by atoms with Gasteiger partial charge in [-0.15, -0.1) is 11.3 Å². The molecule has 0 aliphatic heterocycles. The Hall–Kier alpha value is -4.12. The van der Waals surface area contributed by atoms with Crippen molar-refractivity contribution >= 4 is 44.4 Å². The summed E-state index contributed by atoms with van der Waals surface area (Å²) in [4.78, 5) is 50.1. The van der Waals surface area contributed by atoms with Gasteiger partial charge in [0, 0.05) is 25.9 Å². The van der Waals surface area contributed by atoms with Gasteiger partial charge in [-0.05, 0) is 24.3 Å². The second kappa shape index (κ2) is 7.54. The van der Waals surface area contributed by atoms with Crippen LogP contribution in [0.2, 0.25) is 0 Å². The Morgan fingerprint density at radius 3 is 2.62 bits per heavy atom. The van der Waals surface area contributed by atoms with Crippen molar-refractivity contribution in [2.75, 3.05) is 5.32 Å². The van der Waals surface area contributed by atoms with Crippen molar-refractivity contribution in [2.45, 2.75) is 6.54 Å². The molecule has 0 bridgehead atoms. The van der Waals surface area contributed by atoms with E-state index in [1.54, 1.807) is 23.6 Å². The molecule has 0 radical (unpaired) electrons. The largest absolute Gasteiger partial charge is 0.332 e. The van der Waals surface area contributed by atoms with Crippen LogP contribution in [0.3, 0.4) is 0 Å². The first-order chi connectivity index (χ1) is 15.4. The fourth-order valence-corrected chi connectivity index (χ4v) is 4.40. The summed E-state index contributed by atoms with van der Waals surface area (Å²) < 4.78 is 4.77. The third-order valence-electron chi connectivity index (χ3n) is 5.10. The van der Waals surface area contributed by atoms with Gasteiger partial charge in [0.2, 0.25) is 5.91 Å². The molecule has 11 heteroatoms. The molecule has 1 aromatic carbocycles. The van der Waals surface area contributed by atoms with Gasteiger partial charge in [0.15, 0.2) is 11.2 Å². The fourth-order valence-electron chi connectivity index (χ4n) is 3.44. The predicted octanol–water partition coefficient (Wildman–Crippen LogP) is 1.74. The third kappa shape index (κ3) is 3.28. The Labute approximate surface area is 184 Å². The number of nitrogens with zero attached hydrogens (tertiary/aromatic N) is 6. The lowest BCUT2D eigenvalue weighted by molar-refractivity contribution is -0.116. The van der Waals surface area contributed by atoms with E-state index in [0.717, 1.165) is 25.4 Å². The predicted molar refractivity (Wildman–Crippen MR) is 122 cm³/mol. The van der Waals surface area contributed by atoms with Crippen molar-refractivity contribution < 1.29 is 4.79 Å². The minimum absolute atomic E-state index is 0.148. The van der Waals surface area contributed by atoms with Crippen LogP contribution >= 0.6 is 11.3 Å². The van der Waals surface area contributed by atoms with E-state index in [9.17, 15) is 14.4 Å². The number of hydrogen-bond acceptors (Lipinski definition) is 7. The van der Waals surface area contributed by atoms with Crippen LogP contribution in [0.25, 0.3) is 32.0 Å². The smallest absolute Gasteiger partial charge is 0.315 e. The molecule has 5 aromatic rings. The molecule has 4 heterocycles. The molecule has 0 spiro atoms. The highest BCUT2D eigenvalue weighted by Gasteiger charge is 2.16. The quantitative estimate of drug-likeness (QED) is 0.449. The zero-order chi connectivity index (χ0) is 22.4. The summed E-state index contributed by atoms with van der Waals surface area (Å²) in [7, 11) is 2.91. The van der Waals surface area contributed by atoms with E-state index in [1.165, 1.54) is 29.6 Å². The van der Waals surface area contributed by atoms with E-state index in [2.05, 4.69) is 20.3 Å². The number of thiazole rings is 1. The lowest BCUT2D eigenvalue weighted by Gasteiger charge is -2.08. The first-order valence-electron chi connectivity index (χ1n) is 9.65. The van der Waals surface area contributed by atoms with Crippen LogP contribution in [-0.2, 0) is 25.4 Å². The number of anilines is 1. The Balaban J connectivity index is 1.36. The Morgan fingerprint density at radius 2 is 1.88 bits per heavy atom. The van der Waals surface area contributed by atoms with E-state index >= 15 is 0 Å². The summed E-state index contributed by atoms with van der Waals surface area (Å²) in [6, 6.07) is 11.4. The van der Waals surface area contributed by atoms with Crippen molar-refractivity contribution in [1.29, 1.82) is 0 Å². The van der Waals surface area contributed by atoms with E-state index in [-0.39, 0.29) is 23.6 Å². The Bertz CT molecular complexity index is 1580. The monoisotopic (exact) mass is 447 g/mol. The molecule has 0 aliphatic carbocycles. The van der Waals surface area contributed by atoms with Crippen LogP contribution in [0.4, 0.5) is 5.82 Å². The number of nitrogens with one attached hydrogen (secondary N) is 1. The van der Waals surface area contributed by atoms with Gasteiger partial charge < -0.3 is 9.88 Å². The van der Waals surface area contributed by atoms with E-state index in [0.29, 0.717) is 5.82 Å². The molecule has 10 nitrogen and oxygen atoms in total. The summed E-state index contributed by atoms with van der Waals surface area (Å²) in [5.74, 6) is 0.00466. The maximum atomic E-state index is 12.6. The second-order valence-electron chi connectivity index (χ2n) is 7.22. The van der Waals surface area contributed by atoms with Crippen LogP contribution in [0.1, 0.15) is 0 Å². The first kappa shape index (κ1) is 19.8.